The molecule has 118 valence electrons. The van der Waals surface area contributed by atoms with Gasteiger partial charge in [-0.3, -0.25) is 0 Å². The summed E-state index contributed by atoms with van der Waals surface area (Å²) in [5.74, 6) is -0.400. The standard InChI is InChI=1S/C16H20N2O4/c1-4-21-15-10-12(9-13(11-17)16(19)20)5-6-14(15)22-8-7-18(2)3/h5-6,9-10H,4,7-8H2,1-3H3,(H,19,20)/b13-9-. The van der Waals surface area contributed by atoms with E-state index in [1.165, 1.54) is 11.0 Å². The van der Waals surface area contributed by atoms with Crippen molar-refractivity contribution in [3.05, 3.63) is 29.3 Å². The number of carboxylic acids is 1. The van der Waals surface area contributed by atoms with Crippen LogP contribution in [0.3, 0.4) is 0 Å². The second-order valence-electron chi connectivity index (χ2n) is 4.90. The van der Waals surface area contributed by atoms with E-state index in [0.29, 0.717) is 30.3 Å². The summed E-state index contributed by atoms with van der Waals surface area (Å²) in [6, 6.07) is 6.60. The van der Waals surface area contributed by atoms with Gasteiger partial charge in [-0.1, -0.05) is 6.07 Å². The lowest BCUT2D eigenvalue weighted by Gasteiger charge is -2.13. The van der Waals surface area contributed by atoms with Crippen molar-refractivity contribution in [2.45, 2.75) is 6.92 Å². The molecule has 1 aromatic rings. The maximum absolute atomic E-state index is 10.8. The molecule has 0 saturated carbocycles. The number of hydrogen-bond donors (Lipinski definition) is 1. The number of hydrogen-bond acceptors (Lipinski definition) is 5. The molecule has 0 heterocycles. The quantitative estimate of drug-likeness (QED) is 0.505. The topological polar surface area (TPSA) is 86.8 Å². The number of carbonyl (C=O) groups excluding carboxylic acids is 1. The van der Waals surface area contributed by atoms with Crippen LogP contribution in [0.15, 0.2) is 23.8 Å². The number of nitrogens with zero attached hydrogens (tertiary/aromatic N) is 1. The minimum Gasteiger partial charge on any atom is -0.544 e. The largest absolute Gasteiger partial charge is 0.544 e. The van der Waals surface area contributed by atoms with E-state index in [1.807, 2.05) is 21.0 Å². The monoisotopic (exact) mass is 304 g/mol. The predicted molar refractivity (Wildman–Crippen MR) is 79.4 cm³/mol. The predicted octanol–water partition coefficient (Wildman–Crippen LogP) is -0.735. The molecule has 0 radical (unpaired) electrons. The first-order chi connectivity index (χ1) is 10.5. The van der Waals surface area contributed by atoms with Crippen molar-refractivity contribution in [3.8, 4) is 17.6 Å². The first-order valence-electron chi connectivity index (χ1n) is 6.99. The number of likely N-dealkylation sites (N-methyl/N-ethyl adjacent to an activating group) is 1. The number of quaternary nitrogens is 1. The van der Waals surface area contributed by atoms with Gasteiger partial charge >= 0.3 is 0 Å². The molecule has 0 unspecified atom stereocenters. The number of ether oxygens (including phenoxy) is 2. The van der Waals surface area contributed by atoms with Gasteiger partial charge in [-0.05, 0) is 30.7 Å². The Labute approximate surface area is 130 Å². The molecule has 0 bridgehead atoms. The summed E-state index contributed by atoms with van der Waals surface area (Å²) in [5.41, 5.74) is 0.0992. The summed E-state index contributed by atoms with van der Waals surface area (Å²) in [5, 5.41) is 19.5. The summed E-state index contributed by atoms with van der Waals surface area (Å²) in [6.07, 6.45) is 1.24. The van der Waals surface area contributed by atoms with Crippen molar-refractivity contribution in [2.75, 3.05) is 33.9 Å². The molecule has 0 aliphatic heterocycles. The fourth-order valence-corrected chi connectivity index (χ4v) is 1.67. The van der Waals surface area contributed by atoms with Crippen molar-refractivity contribution in [3.63, 3.8) is 0 Å². The number of rotatable bonds is 8. The molecule has 0 spiro atoms. The van der Waals surface area contributed by atoms with E-state index in [1.54, 1.807) is 24.3 Å². The molecule has 1 rings (SSSR count). The summed E-state index contributed by atoms with van der Waals surface area (Å²) in [4.78, 5) is 12.0. The molecule has 0 amide bonds. The molecule has 0 fully saturated rings. The third-order valence-electron chi connectivity index (χ3n) is 2.78. The highest BCUT2D eigenvalue weighted by Gasteiger charge is 2.07. The number of nitriles is 1. The first-order valence-corrected chi connectivity index (χ1v) is 6.99. The van der Waals surface area contributed by atoms with Crippen molar-refractivity contribution in [1.29, 1.82) is 5.26 Å². The van der Waals surface area contributed by atoms with Gasteiger partial charge in [0.15, 0.2) is 11.5 Å². The highest BCUT2D eigenvalue weighted by atomic mass is 16.5. The van der Waals surface area contributed by atoms with Crippen LogP contribution in [-0.2, 0) is 4.79 Å². The second-order valence-corrected chi connectivity index (χ2v) is 4.90. The van der Waals surface area contributed by atoms with E-state index in [9.17, 15) is 9.90 Å². The van der Waals surface area contributed by atoms with Crippen LogP contribution in [0.25, 0.3) is 6.08 Å². The lowest BCUT2D eigenvalue weighted by atomic mass is 10.1. The zero-order valence-corrected chi connectivity index (χ0v) is 13.0. The van der Waals surface area contributed by atoms with E-state index < -0.39 is 11.5 Å². The molecule has 1 N–H and O–H groups in total. The van der Waals surface area contributed by atoms with Gasteiger partial charge in [0.25, 0.3) is 0 Å². The first kappa shape index (κ1) is 17.5. The van der Waals surface area contributed by atoms with Crippen molar-refractivity contribution in [2.24, 2.45) is 0 Å². The van der Waals surface area contributed by atoms with Gasteiger partial charge in [0, 0.05) is 0 Å². The minimum absolute atomic E-state index is 0.438. The Bertz CT molecular complexity index is 588. The van der Waals surface area contributed by atoms with Crippen LogP contribution in [0.5, 0.6) is 11.5 Å². The minimum atomic E-state index is -1.50. The normalized spacial score (nSPS) is 11.1. The fourth-order valence-electron chi connectivity index (χ4n) is 1.67. The smallest absolute Gasteiger partial charge is 0.161 e. The molecule has 22 heavy (non-hydrogen) atoms. The molecular weight excluding hydrogens is 284 g/mol. The Balaban J connectivity index is 2.99. The number of aliphatic carboxylic acids is 1. The van der Waals surface area contributed by atoms with E-state index in [2.05, 4.69) is 0 Å². The van der Waals surface area contributed by atoms with Gasteiger partial charge in [-0.25, -0.2) is 0 Å². The third-order valence-corrected chi connectivity index (χ3v) is 2.78. The van der Waals surface area contributed by atoms with Crippen LogP contribution < -0.4 is 19.5 Å². The van der Waals surface area contributed by atoms with Crippen molar-refractivity contribution in [1.82, 2.24) is 0 Å². The summed E-state index contributed by atoms with van der Waals surface area (Å²) in [7, 11) is 4.06. The SMILES string of the molecule is CCOc1cc(/C=C(/C#N)C(=O)[O-])ccc1OCC[NH+](C)C. The van der Waals surface area contributed by atoms with Crippen LogP contribution in [0.2, 0.25) is 0 Å². The van der Waals surface area contributed by atoms with Gasteiger partial charge in [-0.15, -0.1) is 0 Å². The van der Waals surface area contributed by atoms with Crippen LogP contribution in [0, 0.1) is 11.3 Å². The van der Waals surface area contributed by atoms with E-state index in [4.69, 9.17) is 14.7 Å². The highest BCUT2D eigenvalue weighted by molar-refractivity contribution is 5.95. The van der Waals surface area contributed by atoms with Crippen LogP contribution in [0.4, 0.5) is 0 Å². The fraction of sp³-hybridized carbons (Fsp3) is 0.375. The molecule has 0 aromatic heterocycles. The number of carboxylic acid groups (broad SMARTS) is 1. The molecule has 0 atom stereocenters. The summed E-state index contributed by atoms with van der Waals surface area (Å²) >= 11 is 0. The molecular formula is C16H20N2O4. The van der Waals surface area contributed by atoms with Gasteiger partial charge < -0.3 is 24.3 Å². The highest BCUT2D eigenvalue weighted by Crippen LogP contribution is 2.29. The molecule has 6 heteroatoms. The van der Waals surface area contributed by atoms with Crippen LogP contribution >= 0.6 is 0 Å². The summed E-state index contributed by atoms with van der Waals surface area (Å²) in [6.45, 7) is 3.68. The lowest BCUT2D eigenvalue weighted by Crippen LogP contribution is -3.06. The average molecular weight is 304 g/mol. The van der Waals surface area contributed by atoms with Crippen molar-refractivity contribution < 1.29 is 24.3 Å². The Kier molecular flexibility index (Phi) is 6.93. The van der Waals surface area contributed by atoms with Crippen LogP contribution in [-0.4, -0.2) is 39.8 Å². The molecule has 1 aromatic carbocycles. The molecule has 6 nitrogen and oxygen atoms in total. The Morgan fingerprint density at radius 1 is 1.36 bits per heavy atom. The third kappa shape index (κ3) is 5.46. The van der Waals surface area contributed by atoms with E-state index in [-0.39, 0.29) is 0 Å². The average Bonchev–Trinajstić information content (AvgIpc) is 2.46. The maximum Gasteiger partial charge on any atom is 0.161 e. The Hall–Kier alpha value is -2.52. The van der Waals surface area contributed by atoms with Gasteiger partial charge in [-0.2, -0.15) is 5.26 Å². The number of nitrogens with one attached hydrogen (secondary N) is 1. The second kappa shape index (κ2) is 8.70. The summed E-state index contributed by atoms with van der Waals surface area (Å²) < 4.78 is 11.2. The zero-order chi connectivity index (χ0) is 16.5. The van der Waals surface area contributed by atoms with E-state index >= 15 is 0 Å². The molecule has 0 saturated heterocycles. The van der Waals surface area contributed by atoms with Crippen molar-refractivity contribution >= 4 is 12.0 Å². The van der Waals surface area contributed by atoms with Gasteiger partial charge in [0.1, 0.15) is 19.2 Å². The number of benzene rings is 1. The molecule has 0 aliphatic carbocycles. The molecule has 0 aliphatic rings. The van der Waals surface area contributed by atoms with E-state index in [0.717, 1.165) is 6.54 Å². The maximum atomic E-state index is 10.8. The van der Waals surface area contributed by atoms with Crippen LogP contribution in [0.1, 0.15) is 12.5 Å². The Morgan fingerprint density at radius 3 is 2.64 bits per heavy atom. The van der Waals surface area contributed by atoms with Gasteiger partial charge in [0.2, 0.25) is 0 Å². The Morgan fingerprint density at radius 2 is 2.09 bits per heavy atom. The zero-order valence-electron chi connectivity index (χ0n) is 13.0. The van der Waals surface area contributed by atoms with Gasteiger partial charge in [0.05, 0.1) is 32.2 Å². The lowest BCUT2D eigenvalue weighted by molar-refractivity contribution is -0.858. The number of carbonyl (C=O) groups is 1.